The lowest BCUT2D eigenvalue weighted by molar-refractivity contribution is 0.383. The molecule has 0 spiro atoms. The van der Waals surface area contributed by atoms with E-state index in [-0.39, 0.29) is 5.90 Å². The van der Waals surface area contributed by atoms with Crippen molar-refractivity contribution in [2.75, 3.05) is 21.3 Å². The number of methoxy groups -OCH3 is 3. The fraction of sp³-hybridized carbons (Fsp3) is 0.300. The highest BCUT2D eigenvalue weighted by atomic mass is 16.5. The van der Waals surface area contributed by atoms with E-state index >= 15 is 0 Å². The third-order valence-electron chi connectivity index (χ3n) is 1.86. The highest BCUT2D eigenvalue weighted by Gasteiger charge is 2.10. The van der Waals surface area contributed by atoms with E-state index in [9.17, 15) is 0 Å². The Balaban J connectivity index is 3.14. The molecule has 1 aromatic rings. The molecule has 0 aromatic heterocycles. The number of hydrogen-bond acceptors (Lipinski definition) is 4. The first-order valence-electron chi connectivity index (χ1n) is 4.08. The first-order valence-corrected chi connectivity index (χ1v) is 4.08. The number of hydrogen-bond donors (Lipinski definition) is 1. The van der Waals surface area contributed by atoms with Crippen LogP contribution in [0.4, 0.5) is 0 Å². The normalized spacial score (nSPS) is 9.36. The summed E-state index contributed by atoms with van der Waals surface area (Å²) in [5, 5.41) is 7.54. The zero-order chi connectivity index (χ0) is 10.6. The van der Waals surface area contributed by atoms with Crippen LogP contribution in [0.15, 0.2) is 18.2 Å². The molecular formula is C10H13NO3. The highest BCUT2D eigenvalue weighted by Crippen LogP contribution is 2.24. The monoisotopic (exact) mass is 195 g/mol. The Morgan fingerprint density at radius 1 is 1.14 bits per heavy atom. The fourth-order valence-corrected chi connectivity index (χ4v) is 1.10. The van der Waals surface area contributed by atoms with E-state index < -0.39 is 0 Å². The SMILES string of the molecule is COC(=N)c1cc(OC)ccc1OC. The van der Waals surface area contributed by atoms with Gasteiger partial charge in [0.05, 0.1) is 26.9 Å². The van der Waals surface area contributed by atoms with Crippen molar-refractivity contribution in [3.63, 3.8) is 0 Å². The van der Waals surface area contributed by atoms with Crippen LogP contribution >= 0.6 is 0 Å². The highest BCUT2D eigenvalue weighted by molar-refractivity contribution is 5.94. The molecule has 1 aromatic carbocycles. The van der Waals surface area contributed by atoms with E-state index in [2.05, 4.69) is 0 Å². The summed E-state index contributed by atoms with van der Waals surface area (Å²) < 4.78 is 15.0. The molecule has 0 saturated heterocycles. The summed E-state index contributed by atoms with van der Waals surface area (Å²) in [4.78, 5) is 0. The fourth-order valence-electron chi connectivity index (χ4n) is 1.10. The van der Waals surface area contributed by atoms with Gasteiger partial charge in [0.25, 0.3) is 0 Å². The first kappa shape index (κ1) is 10.4. The summed E-state index contributed by atoms with van der Waals surface area (Å²) >= 11 is 0. The first-order chi connectivity index (χ1) is 6.72. The summed E-state index contributed by atoms with van der Waals surface area (Å²) in [5.41, 5.74) is 0.578. The van der Waals surface area contributed by atoms with Crippen LogP contribution in [0.1, 0.15) is 5.56 Å². The molecule has 0 bridgehead atoms. The second-order valence-corrected chi connectivity index (χ2v) is 2.60. The number of benzene rings is 1. The minimum atomic E-state index is 0.0563. The van der Waals surface area contributed by atoms with Crippen molar-refractivity contribution in [1.29, 1.82) is 5.41 Å². The smallest absolute Gasteiger partial charge is 0.216 e. The van der Waals surface area contributed by atoms with Crippen molar-refractivity contribution in [2.24, 2.45) is 0 Å². The minimum Gasteiger partial charge on any atom is -0.497 e. The van der Waals surface area contributed by atoms with Gasteiger partial charge in [0.15, 0.2) is 0 Å². The summed E-state index contributed by atoms with van der Waals surface area (Å²) in [6, 6.07) is 5.21. The molecule has 0 unspecified atom stereocenters. The van der Waals surface area contributed by atoms with E-state index in [4.69, 9.17) is 19.6 Å². The molecule has 1 N–H and O–H groups in total. The summed E-state index contributed by atoms with van der Waals surface area (Å²) in [5.74, 6) is 1.32. The van der Waals surface area contributed by atoms with Gasteiger partial charge in [-0.15, -0.1) is 0 Å². The number of nitrogens with one attached hydrogen (secondary N) is 1. The summed E-state index contributed by atoms with van der Waals surface area (Å²) in [6.45, 7) is 0. The van der Waals surface area contributed by atoms with Crippen molar-refractivity contribution in [3.8, 4) is 11.5 Å². The van der Waals surface area contributed by atoms with E-state index in [0.29, 0.717) is 17.1 Å². The van der Waals surface area contributed by atoms with Gasteiger partial charge < -0.3 is 14.2 Å². The lowest BCUT2D eigenvalue weighted by atomic mass is 10.2. The maximum Gasteiger partial charge on any atom is 0.216 e. The predicted octanol–water partition coefficient (Wildman–Crippen LogP) is 1.68. The molecule has 0 radical (unpaired) electrons. The third-order valence-corrected chi connectivity index (χ3v) is 1.86. The van der Waals surface area contributed by atoms with Gasteiger partial charge in [0, 0.05) is 0 Å². The van der Waals surface area contributed by atoms with Crippen LogP contribution in [0.25, 0.3) is 0 Å². The quantitative estimate of drug-likeness (QED) is 0.589. The van der Waals surface area contributed by atoms with Crippen molar-refractivity contribution in [2.45, 2.75) is 0 Å². The molecular weight excluding hydrogens is 182 g/mol. The van der Waals surface area contributed by atoms with Crippen LogP contribution in [0.2, 0.25) is 0 Å². The molecule has 0 aliphatic carbocycles. The lowest BCUT2D eigenvalue weighted by Crippen LogP contribution is -2.04. The molecule has 0 aliphatic rings. The molecule has 14 heavy (non-hydrogen) atoms. The zero-order valence-corrected chi connectivity index (χ0v) is 8.46. The zero-order valence-electron chi connectivity index (χ0n) is 8.46. The van der Waals surface area contributed by atoms with Crippen LogP contribution in [0, 0.1) is 5.41 Å². The Morgan fingerprint density at radius 2 is 1.86 bits per heavy atom. The molecule has 0 saturated carbocycles. The molecule has 0 amide bonds. The van der Waals surface area contributed by atoms with E-state index in [1.54, 1.807) is 32.4 Å². The topological polar surface area (TPSA) is 51.5 Å². The molecule has 4 nitrogen and oxygen atoms in total. The van der Waals surface area contributed by atoms with Crippen LogP contribution in [0.5, 0.6) is 11.5 Å². The van der Waals surface area contributed by atoms with Gasteiger partial charge in [-0.05, 0) is 18.2 Å². The van der Waals surface area contributed by atoms with Crippen molar-refractivity contribution >= 4 is 5.90 Å². The van der Waals surface area contributed by atoms with Crippen molar-refractivity contribution in [3.05, 3.63) is 23.8 Å². The maximum atomic E-state index is 7.54. The van der Waals surface area contributed by atoms with Crippen LogP contribution in [0.3, 0.4) is 0 Å². The second kappa shape index (κ2) is 4.50. The maximum absolute atomic E-state index is 7.54. The van der Waals surface area contributed by atoms with Crippen molar-refractivity contribution in [1.82, 2.24) is 0 Å². The summed E-state index contributed by atoms with van der Waals surface area (Å²) in [6.07, 6.45) is 0. The number of rotatable bonds is 3. The van der Waals surface area contributed by atoms with E-state index in [1.807, 2.05) is 0 Å². The minimum absolute atomic E-state index is 0.0563. The van der Waals surface area contributed by atoms with Gasteiger partial charge in [-0.2, -0.15) is 0 Å². The Hall–Kier alpha value is -1.71. The standard InChI is InChI=1S/C10H13NO3/c1-12-7-4-5-9(13-2)8(6-7)10(11)14-3/h4-6,11H,1-3H3. The van der Waals surface area contributed by atoms with Gasteiger partial charge in [-0.25, -0.2) is 0 Å². The van der Waals surface area contributed by atoms with Crippen LogP contribution < -0.4 is 9.47 Å². The Labute approximate surface area is 82.9 Å². The molecule has 76 valence electrons. The van der Waals surface area contributed by atoms with Gasteiger partial charge >= 0.3 is 0 Å². The van der Waals surface area contributed by atoms with Crippen LogP contribution in [-0.4, -0.2) is 27.2 Å². The van der Waals surface area contributed by atoms with Gasteiger partial charge in [0.1, 0.15) is 11.5 Å². The molecule has 4 heteroatoms. The van der Waals surface area contributed by atoms with Gasteiger partial charge in [-0.3, -0.25) is 5.41 Å². The molecule has 0 aliphatic heterocycles. The Kier molecular flexibility index (Phi) is 3.34. The largest absolute Gasteiger partial charge is 0.497 e. The lowest BCUT2D eigenvalue weighted by Gasteiger charge is -2.09. The third kappa shape index (κ3) is 1.96. The second-order valence-electron chi connectivity index (χ2n) is 2.60. The van der Waals surface area contributed by atoms with Crippen LogP contribution in [-0.2, 0) is 4.74 Å². The van der Waals surface area contributed by atoms with Crippen molar-refractivity contribution < 1.29 is 14.2 Å². The molecule has 0 fully saturated rings. The molecule has 0 atom stereocenters. The Morgan fingerprint density at radius 3 is 2.36 bits per heavy atom. The molecule has 0 heterocycles. The van der Waals surface area contributed by atoms with E-state index in [1.165, 1.54) is 7.11 Å². The van der Waals surface area contributed by atoms with Gasteiger partial charge in [-0.1, -0.05) is 0 Å². The average Bonchev–Trinajstić information content (AvgIpc) is 2.27. The summed E-state index contributed by atoms with van der Waals surface area (Å²) in [7, 11) is 4.57. The number of ether oxygens (including phenoxy) is 3. The Bertz CT molecular complexity index is 336. The average molecular weight is 195 g/mol. The predicted molar refractivity (Wildman–Crippen MR) is 53.4 cm³/mol. The molecule has 1 rings (SSSR count). The van der Waals surface area contributed by atoms with Gasteiger partial charge in [0.2, 0.25) is 5.90 Å². The van der Waals surface area contributed by atoms with E-state index in [0.717, 1.165) is 0 Å².